The second kappa shape index (κ2) is 25.6. The van der Waals surface area contributed by atoms with Crippen LogP contribution >= 0.6 is 0 Å². The first-order valence-electron chi connectivity index (χ1n) is 20.5. The fourth-order valence-corrected chi connectivity index (χ4v) is 6.39. The molecule has 0 aromatic rings. The maximum absolute atomic E-state index is 12.9. The molecule has 0 aromatic carbocycles. The number of carbonyl (C=O) groups is 7. The molecule has 17 nitrogen and oxygen atoms in total. The van der Waals surface area contributed by atoms with Crippen molar-refractivity contribution < 1.29 is 62.0 Å². The number of ketones is 1. The number of methoxy groups -OCH3 is 1. The van der Waals surface area contributed by atoms with Gasteiger partial charge in [-0.2, -0.15) is 0 Å². The molecule has 348 valence electrons. The summed E-state index contributed by atoms with van der Waals surface area (Å²) in [5, 5.41) is 11.0. The summed E-state index contributed by atoms with van der Waals surface area (Å²) in [6, 6.07) is 0. The molecule has 3 unspecified atom stereocenters. The number of Topliss-reactive ketones (excluding diaryl/α,β-unsaturated/α-hetero) is 1. The van der Waals surface area contributed by atoms with E-state index >= 15 is 0 Å². The van der Waals surface area contributed by atoms with Gasteiger partial charge in [0.25, 0.3) is 0 Å². The van der Waals surface area contributed by atoms with E-state index < -0.39 is 76.6 Å². The zero-order valence-corrected chi connectivity index (χ0v) is 38.8. The van der Waals surface area contributed by atoms with Crippen LogP contribution in [0.15, 0.2) is 36.5 Å². The van der Waals surface area contributed by atoms with E-state index in [4.69, 9.17) is 28.4 Å². The van der Waals surface area contributed by atoms with E-state index in [1.807, 2.05) is 55.4 Å². The maximum atomic E-state index is 12.9. The molecule has 0 aromatic heterocycles. The average Bonchev–Trinajstić information content (AvgIpc) is 3.19. The van der Waals surface area contributed by atoms with Crippen LogP contribution < -0.4 is 21.3 Å². The van der Waals surface area contributed by atoms with Crippen molar-refractivity contribution in [3.8, 4) is 0 Å². The van der Waals surface area contributed by atoms with Crippen LogP contribution in [0.3, 0.4) is 0 Å². The maximum Gasteiger partial charge on any atom is 0.407 e. The third-order valence-corrected chi connectivity index (χ3v) is 10.2. The summed E-state index contributed by atoms with van der Waals surface area (Å²) in [4.78, 5) is 86.5. The van der Waals surface area contributed by atoms with Gasteiger partial charge in [0.05, 0.1) is 13.7 Å². The molecule has 0 fully saturated rings. The van der Waals surface area contributed by atoms with E-state index in [2.05, 4.69) is 41.0 Å². The summed E-state index contributed by atoms with van der Waals surface area (Å²) in [5.41, 5.74) is -2.22. The van der Waals surface area contributed by atoms with E-state index in [1.54, 1.807) is 6.92 Å². The molecule has 0 aliphatic carbocycles. The highest BCUT2D eigenvalue weighted by molar-refractivity contribution is 6.06. The van der Waals surface area contributed by atoms with Crippen molar-refractivity contribution in [2.75, 3.05) is 66.3 Å². The van der Waals surface area contributed by atoms with E-state index in [1.165, 1.54) is 21.0 Å². The van der Waals surface area contributed by atoms with Crippen molar-refractivity contribution in [3.63, 3.8) is 0 Å². The molecule has 0 rings (SSSR count). The Balaban J connectivity index is 5.06. The summed E-state index contributed by atoms with van der Waals surface area (Å²) in [5.74, 6) is -1.57. The fourth-order valence-electron chi connectivity index (χ4n) is 6.39. The van der Waals surface area contributed by atoms with Gasteiger partial charge in [-0.05, 0) is 79.3 Å². The summed E-state index contributed by atoms with van der Waals surface area (Å²) in [6.45, 7) is 31.1. The predicted octanol–water partition coefficient (Wildman–Crippen LogP) is 6.95. The molecule has 4 N–H and O–H groups in total. The average molecular weight is 867 g/mol. The van der Waals surface area contributed by atoms with E-state index in [9.17, 15) is 33.6 Å². The molecule has 17 heteroatoms. The predicted molar refractivity (Wildman–Crippen MR) is 230 cm³/mol. The number of amides is 4. The lowest BCUT2D eigenvalue weighted by Gasteiger charge is -2.37. The van der Waals surface area contributed by atoms with Crippen LogP contribution in [0.1, 0.15) is 108 Å². The molecule has 0 radical (unpaired) electrons. The second-order valence-corrected chi connectivity index (χ2v) is 18.3. The highest BCUT2D eigenvalue weighted by Crippen LogP contribution is 2.37. The normalized spacial score (nSPS) is 14.2. The minimum atomic E-state index is -1.52. The van der Waals surface area contributed by atoms with Gasteiger partial charge in [-0.25, -0.2) is 24.0 Å². The Morgan fingerprint density at radius 3 is 1.28 bits per heavy atom. The molecule has 0 aliphatic heterocycles. The first-order chi connectivity index (χ1) is 28.1. The van der Waals surface area contributed by atoms with Gasteiger partial charge in [0, 0.05) is 38.2 Å². The van der Waals surface area contributed by atoms with Crippen LogP contribution in [0.5, 0.6) is 0 Å². The van der Waals surface area contributed by atoms with Crippen molar-refractivity contribution >= 4 is 42.1 Å². The van der Waals surface area contributed by atoms with E-state index in [-0.39, 0.29) is 63.8 Å². The topological polar surface area (TPSA) is 223 Å². The van der Waals surface area contributed by atoms with Gasteiger partial charge in [-0.15, -0.1) is 0 Å². The molecular formula is C44H74N4O13. The zero-order chi connectivity index (χ0) is 47.2. The number of esters is 2. The fraction of sp³-hybridized carbons (Fsp3) is 0.705. The molecule has 0 heterocycles. The van der Waals surface area contributed by atoms with Crippen molar-refractivity contribution in [3.05, 3.63) is 36.5 Å². The summed E-state index contributed by atoms with van der Waals surface area (Å²) < 4.78 is 31.0. The smallest absolute Gasteiger partial charge is 0.407 e. The quantitative estimate of drug-likeness (QED) is 0.0271. The number of alkyl carbamates (subject to hydrolysis) is 4. The molecule has 61 heavy (non-hydrogen) atoms. The molecule has 0 aliphatic rings. The summed E-state index contributed by atoms with van der Waals surface area (Å²) in [7, 11) is 1.18. The van der Waals surface area contributed by atoms with Gasteiger partial charge in [0.15, 0.2) is 5.78 Å². The highest BCUT2D eigenvalue weighted by atomic mass is 16.6. The summed E-state index contributed by atoms with van der Waals surface area (Å²) >= 11 is 0. The molecule has 4 amide bonds. The van der Waals surface area contributed by atoms with Crippen molar-refractivity contribution in [2.45, 2.75) is 108 Å². The largest absolute Gasteiger partial charge is 0.468 e. The molecular weight excluding hydrogens is 792 g/mol. The third-order valence-electron chi connectivity index (χ3n) is 10.2. The lowest BCUT2D eigenvalue weighted by molar-refractivity contribution is -0.156. The van der Waals surface area contributed by atoms with Crippen LogP contribution in [0.4, 0.5) is 19.2 Å². The first kappa shape index (κ1) is 55.9. The monoisotopic (exact) mass is 867 g/mol. The molecule has 3 atom stereocenters. The Hall–Kier alpha value is -5.09. The lowest BCUT2D eigenvalue weighted by atomic mass is 9.72. The third kappa shape index (κ3) is 22.9. The molecule has 0 spiro atoms. The van der Waals surface area contributed by atoms with Gasteiger partial charge in [0.2, 0.25) is 0 Å². The van der Waals surface area contributed by atoms with Crippen LogP contribution in [-0.4, -0.2) is 108 Å². The standard InChI is InChI=1S/C44H74N4O13/c1-16-42(12,22-40(8,9)24-45-36(52)58-19-18-32(7)33(49)30(3)4)26-47-38(54)60-28-44(14,35(51)56-15)29-61-39(55)48-27-43(13,17-2)23-41(10,11)25-46-37(53)59-21-20-57-34(50)31(5)6/h3,5,7,16-29H2,1-2,4,6,8-15H3,(H,45,52)(H,46,53)(H,47,54)(H,48,55). The SMILES string of the molecule is C=C(C)C(=O)OCCOC(=O)NCC(C)(C)CC(C)(CC)CNC(=O)OCC(C)(COC(=O)NCC(C)(CC)CC(C)(C)CNC(=O)OCCC(=C)C(=O)C(=C)C)C(=O)OC. The minimum absolute atomic E-state index is 0.00146. The Labute approximate surface area is 362 Å². The Bertz CT molecular complexity index is 1580. The van der Waals surface area contributed by atoms with Crippen molar-refractivity contribution in [1.82, 2.24) is 21.3 Å². The van der Waals surface area contributed by atoms with E-state index in [0.29, 0.717) is 36.8 Å². The van der Waals surface area contributed by atoms with Crippen molar-refractivity contribution in [2.24, 2.45) is 27.1 Å². The van der Waals surface area contributed by atoms with Gasteiger partial charge in [-0.1, -0.05) is 75.1 Å². The second-order valence-electron chi connectivity index (χ2n) is 18.3. The minimum Gasteiger partial charge on any atom is -0.468 e. The van der Waals surface area contributed by atoms with Gasteiger partial charge >= 0.3 is 36.3 Å². The van der Waals surface area contributed by atoms with Gasteiger partial charge in [-0.3, -0.25) is 9.59 Å². The lowest BCUT2D eigenvalue weighted by Crippen LogP contribution is -2.45. The van der Waals surface area contributed by atoms with Crippen LogP contribution in [0.25, 0.3) is 0 Å². The van der Waals surface area contributed by atoms with Crippen LogP contribution in [-0.2, 0) is 42.8 Å². The van der Waals surface area contributed by atoms with Crippen LogP contribution in [0, 0.1) is 27.1 Å². The number of nitrogens with one attached hydrogen (secondary N) is 4. The Morgan fingerprint density at radius 2 is 0.902 bits per heavy atom. The first-order valence-corrected chi connectivity index (χ1v) is 20.5. The molecule has 0 saturated carbocycles. The number of hydrogen-bond donors (Lipinski definition) is 4. The highest BCUT2D eigenvalue weighted by Gasteiger charge is 2.39. The van der Waals surface area contributed by atoms with Crippen molar-refractivity contribution in [1.29, 1.82) is 0 Å². The molecule has 0 saturated heterocycles. The van der Waals surface area contributed by atoms with Crippen LogP contribution in [0.2, 0.25) is 0 Å². The Kier molecular flexibility index (Phi) is 23.5. The molecule has 0 bridgehead atoms. The number of allylic oxidation sites excluding steroid dienone is 1. The van der Waals surface area contributed by atoms with Gasteiger partial charge in [0.1, 0.15) is 31.8 Å². The van der Waals surface area contributed by atoms with Gasteiger partial charge < -0.3 is 49.7 Å². The van der Waals surface area contributed by atoms with E-state index in [0.717, 1.165) is 0 Å². The number of hydrogen-bond acceptors (Lipinski definition) is 13. The number of ether oxygens (including phenoxy) is 6. The Morgan fingerprint density at radius 1 is 0.525 bits per heavy atom. The zero-order valence-electron chi connectivity index (χ0n) is 38.8. The number of rotatable bonds is 28. The summed E-state index contributed by atoms with van der Waals surface area (Å²) in [6.07, 6.45) is -0.0926. The number of carbonyl (C=O) groups excluding carboxylic acids is 7.